The molecule has 0 aliphatic carbocycles. The molecule has 0 unspecified atom stereocenters. The molecule has 1 aromatic heterocycles. The number of hydrogen-bond donors (Lipinski definition) is 1. The van der Waals surface area contributed by atoms with Gasteiger partial charge in [0.1, 0.15) is 6.07 Å². The van der Waals surface area contributed by atoms with E-state index in [4.69, 9.17) is 10.00 Å². The molecule has 0 aliphatic heterocycles. The number of rotatable bonds is 4. The van der Waals surface area contributed by atoms with Gasteiger partial charge in [0.05, 0.1) is 23.3 Å². The van der Waals surface area contributed by atoms with Gasteiger partial charge in [0.25, 0.3) is 0 Å². The third-order valence-corrected chi connectivity index (χ3v) is 3.56. The average molecular weight is 317 g/mol. The van der Waals surface area contributed by atoms with Crippen LogP contribution in [-0.4, -0.2) is 17.6 Å². The molecule has 5 nitrogen and oxygen atoms in total. The Morgan fingerprint density at radius 1 is 1.17 bits per heavy atom. The lowest BCUT2D eigenvalue weighted by atomic mass is 10.1. The van der Waals surface area contributed by atoms with Crippen LogP contribution in [0.5, 0.6) is 0 Å². The predicted octanol–water partition coefficient (Wildman–Crippen LogP) is 3.77. The normalized spacial score (nSPS) is 11.2. The molecule has 0 saturated carbocycles. The number of ether oxygens (including phenoxy) is 1. The zero-order valence-electron chi connectivity index (χ0n) is 13.1. The Balaban J connectivity index is 2.13. The topological polar surface area (TPSA) is 75.0 Å². The molecule has 3 aromatic rings. The summed E-state index contributed by atoms with van der Waals surface area (Å²) in [5, 5.41) is 14.1. The third-order valence-electron chi connectivity index (χ3n) is 3.56. The van der Waals surface area contributed by atoms with Gasteiger partial charge < -0.3 is 10.1 Å². The molecular formula is C19H15N3O2. The van der Waals surface area contributed by atoms with Crippen LogP contribution in [0, 0.1) is 11.3 Å². The highest BCUT2D eigenvalue weighted by Gasteiger charge is 2.11. The van der Waals surface area contributed by atoms with E-state index in [1.807, 2.05) is 54.6 Å². The summed E-state index contributed by atoms with van der Waals surface area (Å²) in [6.45, 7) is 1.92. The Hall–Kier alpha value is -3.39. The first-order chi connectivity index (χ1) is 11.7. The Labute approximate surface area is 139 Å². The van der Waals surface area contributed by atoms with Crippen molar-refractivity contribution in [2.45, 2.75) is 6.92 Å². The monoisotopic (exact) mass is 317 g/mol. The molecule has 0 atom stereocenters. The number of aromatic nitrogens is 1. The quantitative estimate of drug-likeness (QED) is 0.343. The molecule has 0 radical (unpaired) electrons. The molecule has 0 bridgehead atoms. The summed E-state index contributed by atoms with van der Waals surface area (Å²) in [6, 6.07) is 17.3. The van der Waals surface area contributed by atoms with Crippen molar-refractivity contribution in [3.8, 4) is 6.07 Å². The van der Waals surface area contributed by atoms with Crippen LogP contribution in [0.1, 0.15) is 6.92 Å². The van der Waals surface area contributed by atoms with Crippen molar-refractivity contribution in [2.75, 3.05) is 11.9 Å². The van der Waals surface area contributed by atoms with Crippen molar-refractivity contribution < 1.29 is 9.53 Å². The summed E-state index contributed by atoms with van der Waals surface area (Å²) in [7, 11) is 0. The summed E-state index contributed by atoms with van der Waals surface area (Å²) in [6.07, 6.45) is 1.38. The molecule has 0 amide bonds. The maximum absolute atomic E-state index is 11.8. The first-order valence-corrected chi connectivity index (χ1v) is 7.56. The van der Waals surface area contributed by atoms with E-state index >= 15 is 0 Å². The van der Waals surface area contributed by atoms with Gasteiger partial charge in [0.2, 0.25) is 0 Å². The lowest BCUT2D eigenvalue weighted by Gasteiger charge is -2.11. The summed E-state index contributed by atoms with van der Waals surface area (Å²) in [4.78, 5) is 16.4. The summed E-state index contributed by atoms with van der Waals surface area (Å²) < 4.78 is 4.88. The Kier molecular flexibility index (Phi) is 4.39. The van der Waals surface area contributed by atoms with Crippen molar-refractivity contribution in [1.29, 1.82) is 5.26 Å². The highest BCUT2D eigenvalue weighted by molar-refractivity contribution is 6.08. The van der Waals surface area contributed by atoms with Crippen LogP contribution in [-0.2, 0) is 9.53 Å². The lowest BCUT2D eigenvalue weighted by Crippen LogP contribution is -2.08. The Morgan fingerprint density at radius 3 is 2.29 bits per heavy atom. The van der Waals surface area contributed by atoms with Crippen LogP contribution in [0.4, 0.5) is 5.69 Å². The number of nitrogens with one attached hydrogen (secondary N) is 1. The predicted molar refractivity (Wildman–Crippen MR) is 93.2 cm³/mol. The molecule has 0 fully saturated rings. The molecule has 24 heavy (non-hydrogen) atoms. The third kappa shape index (κ3) is 2.90. The van der Waals surface area contributed by atoms with Gasteiger partial charge in [-0.25, -0.2) is 9.78 Å². The molecule has 1 N–H and O–H groups in total. The number of nitriles is 1. The Morgan fingerprint density at radius 2 is 1.75 bits per heavy atom. The van der Waals surface area contributed by atoms with Crippen LogP contribution in [0.2, 0.25) is 0 Å². The summed E-state index contributed by atoms with van der Waals surface area (Å²) >= 11 is 0. The standard InChI is InChI=1S/C19H15N3O2/c1-2-24-19(23)13(11-20)12-21-18-14-7-3-5-9-16(14)22-17-10-6-4-8-15(17)18/h3-10,12H,2H2,1H3,(H,21,22). The van der Waals surface area contributed by atoms with Crippen molar-refractivity contribution in [3.05, 3.63) is 60.3 Å². The second-order valence-electron chi connectivity index (χ2n) is 5.06. The van der Waals surface area contributed by atoms with E-state index < -0.39 is 5.97 Å². The van der Waals surface area contributed by atoms with Crippen LogP contribution in [0.15, 0.2) is 60.3 Å². The van der Waals surface area contributed by atoms with E-state index in [2.05, 4.69) is 10.3 Å². The highest BCUT2D eigenvalue weighted by atomic mass is 16.5. The minimum Gasteiger partial charge on any atom is -0.462 e. The summed E-state index contributed by atoms with van der Waals surface area (Å²) in [5.41, 5.74) is 2.39. The van der Waals surface area contributed by atoms with Crippen LogP contribution < -0.4 is 5.32 Å². The lowest BCUT2D eigenvalue weighted by molar-refractivity contribution is -0.138. The van der Waals surface area contributed by atoms with Crippen molar-refractivity contribution >= 4 is 33.5 Å². The molecular weight excluding hydrogens is 302 g/mol. The fourth-order valence-corrected chi connectivity index (χ4v) is 2.49. The first-order valence-electron chi connectivity index (χ1n) is 7.56. The van der Waals surface area contributed by atoms with Crippen molar-refractivity contribution in [1.82, 2.24) is 4.98 Å². The van der Waals surface area contributed by atoms with Crippen LogP contribution >= 0.6 is 0 Å². The van der Waals surface area contributed by atoms with E-state index in [-0.39, 0.29) is 12.2 Å². The smallest absolute Gasteiger partial charge is 0.350 e. The van der Waals surface area contributed by atoms with Gasteiger partial charge in [-0.15, -0.1) is 0 Å². The average Bonchev–Trinajstić information content (AvgIpc) is 2.61. The zero-order valence-corrected chi connectivity index (χ0v) is 13.1. The van der Waals surface area contributed by atoms with Gasteiger partial charge in [0.15, 0.2) is 5.57 Å². The van der Waals surface area contributed by atoms with E-state index in [9.17, 15) is 4.79 Å². The molecule has 3 rings (SSSR count). The number of esters is 1. The molecule has 0 aliphatic rings. The Bertz CT molecular complexity index is 933. The van der Waals surface area contributed by atoms with E-state index in [1.165, 1.54) is 6.20 Å². The number of hydrogen-bond acceptors (Lipinski definition) is 5. The molecule has 0 saturated heterocycles. The summed E-state index contributed by atoms with van der Waals surface area (Å²) in [5.74, 6) is -0.643. The number of nitrogens with zero attached hydrogens (tertiary/aromatic N) is 2. The first kappa shape index (κ1) is 15.5. The largest absolute Gasteiger partial charge is 0.462 e. The molecule has 118 valence electrons. The fraction of sp³-hybridized carbons (Fsp3) is 0.105. The number of anilines is 1. The fourth-order valence-electron chi connectivity index (χ4n) is 2.49. The van der Waals surface area contributed by atoms with Crippen molar-refractivity contribution in [2.24, 2.45) is 0 Å². The van der Waals surface area contributed by atoms with E-state index in [0.29, 0.717) is 0 Å². The minimum absolute atomic E-state index is 0.0816. The molecule has 0 spiro atoms. The number of fused-ring (bicyclic) bond motifs is 2. The maximum atomic E-state index is 11.8. The molecule has 5 heteroatoms. The second kappa shape index (κ2) is 6.80. The van der Waals surface area contributed by atoms with E-state index in [0.717, 1.165) is 27.5 Å². The van der Waals surface area contributed by atoms with E-state index in [1.54, 1.807) is 6.92 Å². The number of carbonyl (C=O) groups excluding carboxylic acids is 1. The van der Waals surface area contributed by atoms with Gasteiger partial charge >= 0.3 is 5.97 Å². The second-order valence-corrected chi connectivity index (χ2v) is 5.06. The van der Waals surface area contributed by atoms with Gasteiger partial charge in [-0.05, 0) is 19.1 Å². The van der Waals surface area contributed by atoms with Crippen LogP contribution in [0.25, 0.3) is 21.8 Å². The van der Waals surface area contributed by atoms with Crippen LogP contribution in [0.3, 0.4) is 0 Å². The number of benzene rings is 2. The molecule has 2 aromatic carbocycles. The van der Waals surface area contributed by atoms with Crippen molar-refractivity contribution in [3.63, 3.8) is 0 Å². The molecule has 1 heterocycles. The van der Waals surface area contributed by atoms with Gasteiger partial charge in [0, 0.05) is 17.0 Å². The SMILES string of the molecule is CCOC(=O)C(C#N)=CNc1c2ccccc2nc2ccccc12. The van der Waals surface area contributed by atoms with Gasteiger partial charge in [-0.3, -0.25) is 0 Å². The minimum atomic E-state index is -0.643. The maximum Gasteiger partial charge on any atom is 0.350 e. The van der Waals surface area contributed by atoms with Gasteiger partial charge in [-0.2, -0.15) is 5.26 Å². The highest BCUT2D eigenvalue weighted by Crippen LogP contribution is 2.30. The van der Waals surface area contributed by atoms with Gasteiger partial charge in [-0.1, -0.05) is 36.4 Å². The number of para-hydroxylation sites is 2. The number of pyridine rings is 1. The number of carbonyl (C=O) groups is 1. The zero-order chi connectivity index (χ0) is 16.9.